The quantitative estimate of drug-likeness (QED) is 0.850. The van der Waals surface area contributed by atoms with Crippen molar-refractivity contribution in [2.24, 2.45) is 0 Å². The Kier molecular flexibility index (Phi) is 3.30. The summed E-state index contributed by atoms with van der Waals surface area (Å²) in [5.41, 5.74) is 0.497. The van der Waals surface area contributed by atoms with Crippen LogP contribution in [0.2, 0.25) is 0 Å². The first-order valence-corrected chi connectivity index (χ1v) is 7.46. The first-order chi connectivity index (χ1) is 8.44. The Hall–Kier alpha value is -1.56. The lowest BCUT2D eigenvalue weighted by Crippen LogP contribution is -2.10. The highest BCUT2D eigenvalue weighted by molar-refractivity contribution is 7.91. The number of benzene rings is 1. The standard InChI is InChI=1S/C12H15NO4S/c1-2-18(16,17)9-5-6-11(13-8-3-4-8)10(7-9)12(14)15/h5-8,13H,2-4H2,1H3,(H,14,15). The molecule has 0 unspecified atom stereocenters. The minimum Gasteiger partial charge on any atom is -0.478 e. The number of anilines is 1. The lowest BCUT2D eigenvalue weighted by atomic mass is 10.2. The number of sulfone groups is 1. The minimum atomic E-state index is -3.37. The molecule has 2 N–H and O–H groups in total. The van der Waals surface area contributed by atoms with Gasteiger partial charge in [0.15, 0.2) is 9.84 Å². The summed E-state index contributed by atoms with van der Waals surface area (Å²) in [4.78, 5) is 11.2. The van der Waals surface area contributed by atoms with Gasteiger partial charge in [-0.25, -0.2) is 13.2 Å². The highest BCUT2D eigenvalue weighted by atomic mass is 32.2. The Morgan fingerprint density at radius 3 is 2.61 bits per heavy atom. The van der Waals surface area contributed by atoms with E-state index in [1.165, 1.54) is 25.1 Å². The van der Waals surface area contributed by atoms with Crippen molar-refractivity contribution in [1.82, 2.24) is 0 Å². The van der Waals surface area contributed by atoms with E-state index in [0.29, 0.717) is 11.7 Å². The lowest BCUT2D eigenvalue weighted by Gasteiger charge is -2.10. The van der Waals surface area contributed by atoms with Crippen LogP contribution < -0.4 is 5.32 Å². The van der Waals surface area contributed by atoms with E-state index in [4.69, 9.17) is 5.11 Å². The maximum absolute atomic E-state index is 11.7. The van der Waals surface area contributed by atoms with Crippen LogP contribution in [0.5, 0.6) is 0 Å². The number of aromatic carboxylic acids is 1. The molecule has 0 bridgehead atoms. The molecule has 1 fully saturated rings. The fourth-order valence-corrected chi connectivity index (χ4v) is 2.54. The number of rotatable bonds is 5. The summed E-state index contributed by atoms with van der Waals surface area (Å²) in [6.07, 6.45) is 2.04. The van der Waals surface area contributed by atoms with Gasteiger partial charge in [-0.1, -0.05) is 6.92 Å². The van der Waals surface area contributed by atoms with Crippen LogP contribution in [0.25, 0.3) is 0 Å². The van der Waals surface area contributed by atoms with Crippen molar-refractivity contribution in [2.75, 3.05) is 11.1 Å². The summed E-state index contributed by atoms with van der Waals surface area (Å²) in [6, 6.07) is 4.53. The molecule has 0 amide bonds. The van der Waals surface area contributed by atoms with E-state index in [0.717, 1.165) is 12.8 Å². The van der Waals surface area contributed by atoms with Gasteiger partial charge < -0.3 is 10.4 Å². The van der Waals surface area contributed by atoms with Gasteiger partial charge in [0.2, 0.25) is 0 Å². The van der Waals surface area contributed by atoms with Crippen molar-refractivity contribution < 1.29 is 18.3 Å². The van der Waals surface area contributed by atoms with Crippen LogP contribution in [0.1, 0.15) is 30.1 Å². The molecule has 0 atom stereocenters. The molecular weight excluding hydrogens is 254 g/mol. The van der Waals surface area contributed by atoms with Crippen LogP contribution in [0.4, 0.5) is 5.69 Å². The van der Waals surface area contributed by atoms with Gasteiger partial charge in [0, 0.05) is 11.7 Å². The highest BCUT2D eigenvalue weighted by Gasteiger charge is 2.24. The molecule has 0 aliphatic heterocycles. The molecule has 98 valence electrons. The molecule has 1 aliphatic carbocycles. The Morgan fingerprint density at radius 2 is 2.11 bits per heavy atom. The van der Waals surface area contributed by atoms with Crippen LogP contribution in [0.15, 0.2) is 23.1 Å². The van der Waals surface area contributed by atoms with Crippen molar-refractivity contribution in [3.63, 3.8) is 0 Å². The number of carbonyl (C=O) groups is 1. The molecule has 0 spiro atoms. The van der Waals surface area contributed by atoms with Crippen molar-refractivity contribution in [1.29, 1.82) is 0 Å². The summed E-state index contributed by atoms with van der Waals surface area (Å²) in [5, 5.41) is 12.2. The van der Waals surface area contributed by atoms with E-state index < -0.39 is 15.8 Å². The Morgan fingerprint density at radius 1 is 1.44 bits per heavy atom. The second-order valence-electron chi connectivity index (χ2n) is 4.33. The molecule has 6 heteroatoms. The topological polar surface area (TPSA) is 83.5 Å². The molecule has 1 aromatic rings. The molecule has 1 aliphatic rings. The fourth-order valence-electron chi connectivity index (χ4n) is 1.63. The fraction of sp³-hybridized carbons (Fsp3) is 0.417. The second kappa shape index (κ2) is 4.61. The average Bonchev–Trinajstić information content (AvgIpc) is 3.13. The zero-order valence-corrected chi connectivity index (χ0v) is 10.8. The largest absolute Gasteiger partial charge is 0.478 e. The van der Waals surface area contributed by atoms with Gasteiger partial charge in [-0.15, -0.1) is 0 Å². The average molecular weight is 269 g/mol. The minimum absolute atomic E-state index is 0.0106. The van der Waals surface area contributed by atoms with Crippen LogP contribution in [0, 0.1) is 0 Å². The SMILES string of the molecule is CCS(=O)(=O)c1ccc(NC2CC2)c(C(=O)O)c1. The van der Waals surface area contributed by atoms with E-state index in [-0.39, 0.29) is 16.2 Å². The summed E-state index contributed by atoms with van der Waals surface area (Å²) in [7, 11) is -3.37. The molecule has 0 heterocycles. The van der Waals surface area contributed by atoms with Gasteiger partial charge >= 0.3 is 5.97 Å². The van der Waals surface area contributed by atoms with Crippen molar-refractivity contribution >= 4 is 21.5 Å². The van der Waals surface area contributed by atoms with Gasteiger partial charge in [-0.05, 0) is 31.0 Å². The van der Waals surface area contributed by atoms with Crippen molar-refractivity contribution in [3.8, 4) is 0 Å². The van der Waals surface area contributed by atoms with Crippen LogP contribution in [-0.4, -0.2) is 31.3 Å². The molecule has 0 radical (unpaired) electrons. The van der Waals surface area contributed by atoms with Gasteiger partial charge in [0.05, 0.1) is 16.2 Å². The normalized spacial score (nSPS) is 15.4. The molecule has 1 aromatic carbocycles. The molecule has 5 nitrogen and oxygen atoms in total. The van der Waals surface area contributed by atoms with E-state index in [2.05, 4.69) is 5.32 Å². The van der Waals surface area contributed by atoms with E-state index >= 15 is 0 Å². The zero-order valence-electron chi connectivity index (χ0n) is 10.0. The number of nitrogens with one attached hydrogen (secondary N) is 1. The first-order valence-electron chi connectivity index (χ1n) is 5.80. The van der Waals surface area contributed by atoms with Gasteiger partial charge in [0.25, 0.3) is 0 Å². The van der Waals surface area contributed by atoms with Gasteiger partial charge in [-0.2, -0.15) is 0 Å². The van der Waals surface area contributed by atoms with Gasteiger partial charge in [-0.3, -0.25) is 0 Å². The molecule has 18 heavy (non-hydrogen) atoms. The number of hydrogen-bond acceptors (Lipinski definition) is 4. The monoisotopic (exact) mass is 269 g/mol. The molecule has 0 saturated heterocycles. The number of hydrogen-bond donors (Lipinski definition) is 2. The lowest BCUT2D eigenvalue weighted by molar-refractivity contribution is 0.0697. The first kappa shape index (κ1) is 12.9. The third-order valence-corrected chi connectivity index (χ3v) is 4.63. The predicted molar refractivity (Wildman–Crippen MR) is 67.8 cm³/mol. The Balaban J connectivity index is 2.42. The maximum atomic E-state index is 11.7. The summed E-state index contributed by atoms with van der Waals surface area (Å²) >= 11 is 0. The Bertz CT molecular complexity index is 576. The van der Waals surface area contributed by atoms with Crippen molar-refractivity contribution in [2.45, 2.75) is 30.7 Å². The van der Waals surface area contributed by atoms with Crippen LogP contribution >= 0.6 is 0 Å². The number of carboxylic acids is 1. The Labute approximate surface area is 106 Å². The van der Waals surface area contributed by atoms with E-state index in [1.54, 1.807) is 0 Å². The molecule has 2 rings (SSSR count). The summed E-state index contributed by atoms with van der Waals surface area (Å²) < 4.78 is 23.4. The molecule has 0 aromatic heterocycles. The predicted octanol–water partition coefficient (Wildman–Crippen LogP) is 1.75. The van der Waals surface area contributed by atoms with Crippen LogP contribution in [0.3, 0.4) is 0 Å². The zero-order chi connectivity index (χ0) is 13.3. The highest BCUT2D eigenvalue weighted by Crippen LogP contribution is 2.28. The maximum Gasteiger partial charge on any atom is 0.337 e. The second-order valence-corrected chi connectivity index (χ2v) is 6.61. The summed E-state index contributed by atoms with van der Waals surface area (Å²) in [5.74, 6) is -1.16. The van der Waals surface area contributed by atoms with Gasteiger partial charge in [0.1, 0.15) is 0 Å². The third kappa shape index (κ3) is 2.64. The van der Waals surface area contributed by atoms with E-state index in [1.807, 2.05) is 0 Å². The number of carboxylic acid groups (broad SMARTS) is 1. The molecular formula is C12H15NO4S. The smallest absolute Gasteiger partial charge is 0.337 e. The van der Waals surface area contributed by atoms with E-state index in [9.17, 15) is 13.2 Å². The summed E-state index contributed by atoms with van der Waals surface area (Å²) in [6.45, 7) is 1.53. The molecule has 1 saturated carbocycles. The third-order valence-electron chi connectivity index (χ3n) is 2.90. The van der Waals surface area contributed by atoms with Crippen molar-refractivity contribution in [3.05, 3.63) is 23.8 Å². The van der Waals surface area contributed by atoms with Crippen LogP contribution in [-0.2, 0) is 9.84 Å².